The Morgan fingerprint density at radius 2 is 2.24 bits per heavy atom. The lowest BCUT2D eigenvalue weighted by Crippen LogP contribution is -2.03. The third-order valence-corrected chi connectivity index (χ3v) is 4.53. The van der Waals surface area contributed by atoms with Gasteiger partial charge in [0.1, 0.15) is 6.07 Å². The van der Waals surface area contributed by atoms with Crippen molar-refractivity contribution in [1.82, 2.24) is 0 Å². The van der Waals surface area contributed by atoms with Crippen LogP contribution in [0, 0.1) is 11.3 Å². The number of nitrogens with zero attached hydrogens (tertiary/aromatic N) is 1. The Bertz CT molecular complexity index is 489. The number of halogens is 3. The molecule has 0 fully saturated rings. The smallest absolute Gasteiger partial charge is 0.186 e. The normalized spacial score (nSPS) is 15.4. The van der Waals surface area contributed by atoms with E-state index in [1.807, 2.05) is 27.3 Å². The van der Waals surface area contributed by atoms with E-state index in [9.17, 15) is 0 Å². The molecule has 1 atom stereocenters. The average molecular weight is 400 g/mol. The second-order valence-electron chi connectivity index (χ2n) is 3.75. The molecule has 0 saturated carbocycles. The first-order valence-electron chi connectivity index (χ1n) is 5.02. The van der Waals surface area contributed by atoms with Crippen molar-refractivity contribution in [1.29, 1.82) is 5.26 Å². The summed E-state index contributed by atoms with van der Waals surface area (Å²) < 4.78 is 5.34. The second-order valence-corrected chi connectivity index (χ2v) is 5.93. The number of nitriles is 1. The Hall–Kier alpha value is 0.330. The van der Waals surface area contributed by atoms with Crippen LogP contribution in [0.25, 0.3) is 0 Å². The third-order valence-electron chi connectivity index (χ3n) is 2.84. The van der Waals surface area contributed by atoms with Crippen molar-refractivity contribution in [3.05, 3.63) is 32.8 Å². The maximum Gasteiger partial charge on any atom is 0.186 e. The van der Waals surface area contributed by atoms with Gasteiger partial charge in [-0.1, -0.05) is 23.2 Å². The molecule has 0 aromatic heterocycles. The van der Waals surface area contributed by atoms with E-state index in [4.69, 9.17) is 32.6 Å². The molecule has 0 aliphatic heterocycles. The molecule has 0 heterocycles. The van der Waals surface area contributed by atoms with Crippen molar-refractivity contribution in [3.63, 3.8) is 0 Å². The van der Waals surface area contributed by atoms with Gasteiger partial charge in [-0.2, -0.15) is 5.26 Å². The highest BCUT2D eigenvalue weighted by Crippen LogP contribution is 2.41. The molecule has 6 heteroatoms. The molecule has 1 aromatic rings. The number of hydrogen-bond acceptors (Lipinski definition) is 3. The Labute approximate surface area is 126 Å². The summed E-state index contributed by atoms with van der Waals surface area (Å²) in [4.78, 5) is 0. The fourth-order valence-corrected chi connectivity index (χ4v) is 3.49. The minimum absolute atomic E-state index is 0.448. The van der Waals surface area contributed by atoms with E-state index in [0.717, 1.165) is 39.6 Å². The molecular formula is C11H8Cl2INOS. The zero-order chi connectivity index (χ0) is 12.4. The quantitative estimate of drug-likeness (QED) is 0.526. The lowest BCUT2D eigenvalue weighted by atomic mass is 9.99. The molecule has 0 N–H and O–H groups in total. The second kappa shape index (κ2) is 5.98. The van der Waals surface area contributed by atoms with Gasteiger partial charge in [-0.15, -0.1) is 0 Å². The van der Waals surface area contributed by atoms with Gasteiger partial charge in [0.25, 0.3) is 0 Å². The summed E-state index contributed by atoms with van der Waals surface area (Å²) in [5.74, 6) is 0. The first-order valence-corrected chi connectivity index (χ1v) is 9.06. The highest BCUT2D eigenvalue weighted by atomic mass is 127. The zero-order valence-electron chi connectivity index (χ0n) is 8.67. The molecule has 1 aromatic carbocycles. The van der Waals surface area contributed by atoms with Crippen molar-refractivity contribution in [2.45, 2.75) is 25.4 Å². The summed E-state index contributed by atoms with van der Waals surface area (Å²) in [5.41, 5.74) is 3.08. The molecule has 0 saturated heterocycles. The van der Waals surface area contributed by atoms with E-state index < -0.39 is 6.10 Å². The van der Waals surface area contributed by atoms with Gasteiger partial charge in [-0.3, -0.25) is 4.18 Å². The van der Waals surface area contributed by atoms with E-state index in [1.54, 1.807) is 0 Å². The van der Waals surface area contributed by atoms with Gasteiger partial charge >= 0.3 is 0 Å². The maximum absolute atomic E-state index is 9.16. The fraction of sp³-hybridized carbons (Fsp3) is 0.364. The molecule has 90 valence electrons. The summed E-state index contributed by atoms with van der Waals surface area (Å²) in [5, 5.41) is 10.1. The van der Waals surface area contributed by atoms with E-state index >= 15 is 0 Å². The molecular weight excluding hydrogens is 392 g/mol. The standard InChI is InChI=1S/C11H8Cl2INOS/c12-8-4-6-2-1-3-7(6)10(11(8)13)9(5-15)16-17-14/h4,9H,1-3H2. The van der Waals surface area contributed by atoms with Crippen LogP contribution >= 0.6 is 53.6 Å². The SMILES string of the molecule is N#CC(OSI)c1c(Cl)c(Cl)cc2c1CCC2. The first kappa shape index (κ1) is 13.8. The van der Waals surface area contributed by atoms with Crippen molar-refractivity contribution < 1.29 is 4.18 Å². The lowest BCUT2D eigenvalue weighted by Gasteiger charge is -2.15. The van der Waals surface area contributed by atoms with E-state index in [0.29, 0.717) is 10.0 Å². The number of fused-ring (bicyclic) bond motifs is 1. The predicted molar refractivity (Wildman–Crippen MR) is 79.5 cm³/mol. The van der Waals surface area contributed by atoms with Gasteiger partial charge in [0.05, 0.1) is 19.3 Å². The summed E-state index contributed by atoms with van der Waals surface area (Å²) in [6.07, 6.45) is 2.35. The van der Waals surface area contributed by atoms with Crippen LogP contribution in [0.15, 0.2) is 6.07 Å². The van der Waals surface area contributed by atoms with Crippen LogP contribution in [0.4, 0.5) is 0 Å². The van der Waals surface area contributed by atoms with Crippen molar-refractivity contribution in [2.24, 2.45) is 0 Å². The number of rotatable bonds is 3. The minimum atomic E-state index is -0.657. The number of hydrogen-bond donors (Lipinski definition) is 0. The fourth-order valence-electron chi connectivity index (χ4n) is 2.16. The predicted octanol–water partition coefficient (Wildman–Crippen LogP) is 5.06. The summed E-state index contributed by atoms with van der Waals surface area (Å²) in [6, 6.07) is 4.03. The summed E-state index contributed by atoms with van der Waals surface area (Å²) in [6.45, 7) is 0. The highest BCUT2D eigenvalue weighted by Gasteiger charge is 2.26. The van der Waals surface area contributed by atoms with Gasteiger partial charge in [-0.05, 0) is 36.5 Å². The monoisotopic (exact) mass is 399 g/mol. The maximum atomic E-state index is 9.16. The molecule has 1 aliphatic rings. The largest absolute Gasteiger partial charge is 0.282 e. The molecule has 1 aliphatic carbocycles. The van der Waals surface area contributed by atoms with Gasteiger partial charge < -0.3 is 0 Å². The number of benzene rings is 1. The minimum Gasteiger partial charge on any atom is -0.282 e. The molecule has 0 spiro atoms. The van der Waals surface area contributed by atoms with Crippen LogP contribution in [0.1, 0.15) is 29.2 Å². The molecule has 17 heavy (non-hydrogen) atoms. The summed E-state index contributed by atoms with van der Waals surface area (Å²) >= 11 is 14.3. The molecule has 0 bridgehead atoms. The van der Waals surface area contributed by atoms with Crippen molar-refractivity contribution in [3.8, 4) is 6.07 Å². The zero-order valence-corrected chi connectivity index (χ0v) is 13.2. The molecule has 0 radical (unpaired) electrons. The first-order chi connectivity index (χ1) is 8.19. The Kier molecular flexibility index (Phi) is 4.84. The summed E-state index contributed by atoms with van der Waals surface area (Å²) in [7, 11) is 1.13. The highest BCUT2D eigenvalue weighted by molar-refractivity contribution is 14.2. The Balaban J connectivity index is 2.55. The van der Waals surface area contributed by atoms with Crippen molar-refractivity contribution in [2.75, 3.05) is 0 Å². The van der Waals surface area contributed by atoms with E-state index in [-0.39, 0.29) is 0 Å². The van der Waals surface area contributed by atoms with Crippen LogP contribution in [-0.2, 0) is 17.0 Å². The van der Waals surface area contributed by atoms with E-state index in [1.165, 1.54) is 5.56 Å². The van der Waals surface area contributed by atoms with Gasteiger partial charge in [0, 0.05) is 26.8 Å². The Morgan fingerprint density at radius 3 is 2.88 bits per heavy atom. The lowest BCUT2D eigenvalue weighted by molar-refractivity contribution is 0.318. The topological polar surface area (TPSA) is 33.0 Å². The van der Waals surface area contributed by atoms with Crippen LogP contribution in [0.3, 0.4) is 0 Å². The van der Waals surface area contributed by atoms with Crippen molar-refractivity contribution >= 4 is 53.6 Å². The van der Waals surface area contributed by atoms with Gasteiger partial charge in [0.2, 0.25) is 0 Å². The van der Waals surface area contributed by atoms with Crippen LogP contribution in [0.2, 0.25) is 10.0 Å². The average Bonchev–Trinajstić information content (AvgIpc) is 2.76. The number of aryl methyl sites for hydroxylation is 1. The van der Waals surface area contributed by atoms with E-state index in [2.05, 4.69) is 6.07 Å². The molecule has 2 nitrogen and oxygen atoms in total. The van der Waals surface area contributed by atoms with Crippen LogP contribution in [0.5, 0.6) is 0 Å². The molecule has 1 unspecified atom stereocenters. The van der Waals surface area contributed by atoms with Gasteiger partial charge in [0.15, 0.2) is 6.10 Å². The molecule has 0 amide bonds. The third kappa shape index (κ3) is 2.69. The van der Waals surface area contributed by atoms with Crippen LogP contribution in [-0.4, -0.2) is 0 Å². The Morgan fingerprint density at radius 1 is 1.47 bits per heavy atom. The van der Waals surface area contributed by atoms with Crippen LogP contribution < -0.4 is 0 Å². The molecule has 2 rings (SSSR count). The van der Waals surface area contributed by atoms with Gasteiger partial charge in [-0.25, -0.2) is 0 Å².